The number of nitrogens with zero attached hydrogens (tertiary/aromatic N) is 4. The first kappa shape index (κ1) is 19.9. The van der Waals surface area contributed by atoms with E-state index >= 15 is 0 Å². The van der Waals surface area contributed by atoms with Crippen molar-refractivity contribution in [2.45, 2.75) is 56.2 Å². The molecule has 1 aliphatic carbocycles. The third-order valence-corrected chi connectivity index (χ3v) is 4.69. The molecule has 0 radical (unpaired) electrons. The van der Waals surface area contributed by atoms with Gasteiger partial charge in [-0.15, -0.1) is 0 Å². The lowest BCUT2D eigenvalue weighted by molar-refractivity contribution is -0.302. The van der Waals surface area contributed by atoms with Crippen molar-refractivity contribution in [2.75, 3.05) is 0 Å². The van der Waals surface area contributed by atoms with E-state index in [1.54, 1.807) is 0 Å². The van der Waals surface area contributed by atoms with Crippen molar-refractivity contribution in [1.29, 1.82) is 0 Å². The van der Waals surface area contributed by atoms with Crippen LogP contribution in [0.5, 0.6) is 0 Å². The molecule has 3 rings (SSSR count). The molecule has 1 amide bonds. The molecule has 1 fully saturated rings. The van der Waals surface area contributed by atoms with Crippen molar-refractivity contribution < 1.29 is 36.2 Å². The number of hydrazone groups is 1. The first-order valence-electron chi connectivity index (χ1n) is 7.84. The molecule has 1 aromatic heterocycles. The van der Waals surface area contributed by atoms with E-state index in [-0.39, 0.29) is 16.6 Å². The average Bonchev–Trinajstić information content (AvgIpc) is 3.18. The molecule has 27 heavy (non-hydrogen) atoms. The van der Waals surface area contributed by atoms with Gasteiger partial charge in [-0.2, -0.15) is 41.6 Å². The van der Waals surface area contributed by atoms with Gasteiger partial charge in [0.1, 0.15) is 0 Å². The molecule has 6 nitrogen and oxygen atoms in total. The Kier molecular flexibility index (Phi) is 4.70. The van der Waals surface area contributed by atoms with Crippen molar-refractivity contribution in [1.82, 2.24) is 14.8 Å². The number of rotatable bonds is 4. The van der Waals surface area contributed by atoms with Gasteiger partial charge < -0.3 is 5.11 Å². The van der Waals surface area contributed by atoms with Crippen molar-refractivity contribution in [3.05, 3.63) is 16.4 Å². The normalized spacial score (nSPS) is 23.3. The van der Waals surface area contributed by atoms with Gasteiger partial charge in [0.15, 0.2) is 5.69 Å². The number of alkyl halides is 6. The largest absolute Gasteiger partial charge is 0.438 e. The molecule has 0 aromatic carbocycles. The first-order valence-corrected chi connectivity index (χ1v) is 8.22. The van der Waals surface area contributed by atoms with Crippen LogP contribution >= 0.6 is 11.6 Å². The summed E-state index contributed by atoms with van der Waals surface area (Å²) in [5.41, 5.74) is -4.67. The number of aryl methyl sites for hydroxylation is 1. The molecule has 13 heteroatoms. The lowest BCUT2D eigenvalue weighted by Gasteiger charge is -2.32. The maximum absolute atomic E-state index is 13.0. The zero-order valence-electron chi connectivity index (χ0n) is 13.5. The number of aromatic nitrogens is 2. The van der Waals surface area contributed by atoms with E-state index in [4.69, 9.17) is 11.6 Å². The fourth-order valence-corrected chi connectivity index (χ4v) is 3.19. The second-order valence-electron chi connectivity index (χ2n) is 6.32. The molecular weight excluding hydrogens is 406 g/mol. The van der Waals surface area contributed by atoms with Crippen LogP contribution in [-0.4, -0.2) is 43.9 Å². The summed E-state index contributed by atoms with van der Waals surface area (Å²) in [5, 5.41) is 15.7. The highest BCUT2D eigenvalue weighted by Crippen LogP contribution is 2.47. The summed E-state index contributed by atoms with van der Waals surface area (Å²) in [7, 11) is 0. The van der Waals surface area contributed by atoms with E-state index in [1.807, 2.05) is 0 Å². The third-order valence-electron chi connectivity index (χ3n) is 4.32. The highest BCUT2D eigenvalue weighted by atomic mass is 35.5. The Morgan fingerprint density at radius 3 is 2.44 bits per heavy atom. The molecule has 0 bridgehead atoms. The van der Waals surface area contributed by atoms with Gasteiger partial charge in [-0.1, -0.05) is 11.6 Å². The van der Waals surface area contributed by atoms with E-state index in [2.05, 4.69) is 10.2 Å². The first-order chi connectivity index (χ1) is 12.4. The van der Waals surface area contributed by atoms with E-state index in [0.29, 0.717) is 12.8 Å². The summed E-state index contributed by atoms with van der Waals surface area (Å²) in [4.78, 5) is 12.1. The van der Waals surface area contributed by atoms with Crippen LogP contribution in [0, 0.1) is 0 Å². The topological polar surface area (TPSA) is 70.7 Å². The second-order valence-corrected chi connectivity index (χ2v) is 6.69. The van der Waals surface area contributed by atoms with Gasteiger partial charge in [0.05, 0.1) is 17.3 Å². The van der Waals surface area contributed by atoms with Crippen LogP contribution in [-0.2, 0) is 17.5 Å². The Morgan fingerprint density at radius 2 is 1.93 bits per heavy atom. The van der Waals surface area contributed by atoms with E-state index in [9.17, 15) is 36.2 Å². The summed E-state index contributed by atoms with van der Waals surface area (Å²) in [6, 6.07) is 0. The molecule has 2 aliphatic rings. The van der Waals surface area contributed by atoms with E-state index in [0.717, 1.165) is 10.9 Å². The van der Waals surface area contributed by atoms with E-state index in [1.165, 1.54) is 0 Å². The van der Waals surface area contributed by atoms with Crippen molar-refractivity contribution in [2.24, 2.45) is 5.10 Å². The Labute approximate surface area is 153 Å². The molecular formula is C14H13ClF6N4O2. The second kappa shape index (κ2) is 6.36. The van der Waals surface area contributed by atoms with Crippen molar-refractivity contribution in [3.63, 3.8) is 0 Å². The van der Waals surface area contributed by atoms with Crippen LogP contribution in [0.3, 0.4) is 0 Å². The quantitative estimate of drug-likeness (QED) is 0.763. The predicted octanol–water partition coefficient (Wildman–Crippen LogP) is 3.29. The molecule has 0 saturated heterocycles. The van der Waals surface area contributed by atoms with E-state index < -0.39 is 54.1 Å². The number of carbonyl (C=O) groups is 1. The summed E-state index contributed by atoms with van der Waals surface area (Å²) < 4.78 is 78.9. The SMILES string of the molecule is O=C(CCn1nc(C(F)(F)F)c(Cl)c1C1CC1)N1N=CC[C@]1(O)C(F)(F)F. The fourth-order valence-electron chi connectivity index (χ4n) is 2.80. The molecule has 1 saturated carbocycles. The maximum Gasteiger partial charge on any atom is 0.438 e. The smallest absolute Gasteiger partial charge is 0.362 e. The van der Waals surface area contributed by atoms with Gasteiger partial charge in [-0.25, -0.2) is 0 Å². The highest BCUT2D eigenvalue weighted by molar-refractivity contribution is 6.32. The zero-order chi connectivity index (χ0) is 20.2. The Balaban J connectivity index is 1.79. The Bertz CT molecular complexity index is 786. The van der Waals surface area contributed by atoms with Crippen LogP contribution in [0.4, 0.5) is 26.3 Å². The Hall–Kier alpha value is -1.82. The van der Waals surface area contributed by atoms with Gasteiger partial charge in [-0.3, -0.25) is 9.48 Å². The number of hydrogen-bond donors (Lipinski definition) is 1. The van der Waals surface area contributed by atoms with Crippen LogP contribution in [0.25, 0.3) is 0 Å². The number of carbonyl (C=O) groups excluding carboxylic acids is 1. The number of amides is 1. The fraction of sp³-hybridized carbons (Fsp3) is 0.643. The predicted molar refractivity (Wildman–Crippen MR) is 79.8 cm³/mol. The van der Waals surface area contributed by atoms with Crippen LogP contribution in [0.1, 0.15) is 43.0 Å². The van der Waals surface area contributed by atoms with Crippen LogP contribution in [0.2, 0.25) is 5.02 Å². The van der Waals surface area contributed by atoms with Gasteiger partial charge in [0.2, 0.25) is 5.91 Å². The minimum Gasteiger partial charge on any atom is -0.362 e. The van der Waals surface area contributed by atoms with Gasteiger partial charge in [0, 0.05) is 25.0 Å². The zero-order valence-corrected chi connectivity index (χ0v) is 14.2. The van der Waals surface area contributed by atoms with Crippen LogP contribution in [0.15, 0.2) is 5.10 Å². The van der Waals surface area contributed by atoms with Crippen molar-refractivity contribution in [3.8, 4) is 0 Å². The highest BCUT2D eigenvalue weighted by Gasteiger charge is 2.61. The van der Waals surface area contributed by atoms with Crippen LogP contribution < -0.4 is 0 Å². The molecule has 1 aromatic rings. The molecule has 1 atom stereocenters. The minimum atomic E-state index is -5.14. The molecule has 0 unspecified atom stereocenters. The van der Waals surface area contributed by atoms with Gasteiger partial charge in [-0.05, 0) is 12.8 Å². The lowest BCUT2D eigenvalue weighted by Crippen LogP contribution is -2.56. The average molecular weight is 419 g/mol. The number of hydrogen-bond acceptors (Lipinski definition) is 4. The molecule has 150 valence electrons. The summed E-state index contributed by atoms with van der Waals surface area (Å²) in [5.74, 6) is -1.45. The molecule has 1 aliphatic heterocycles. The van der Waals surface area contributed by atoms with Gasteiger partial charge >= 0.3 is 12.4 Å². The monoisotopic (exact) mass is 418 g/mol. The Morgan fingerprint density at radius 1 is 1.30 bits per heavy atom. The lowest BCUT2D eigenvalue weighted by atomic mass is 10.1. The number of aliphatic hydroxyl groups is 1. The van der Waals surface area contributed by atoms with Crippen molar-refractivity contribution >= 4 is 23.7 Å². The molecule has 1 N–H and O–H groups in total. The summed E-state index contributed by atoms with van der Waals surface area (Å²) in [6.45, 7) is -0.430. The molecule has 0 spiro atoms. The summed E-state index contributed by atoms with van der Waals surface area (Å²) >= 11 is 5.79. The van der Waals surface area contributed by atoms with Gasteiger partial charge in [0.25, 0.3) is 5.72 Å². The minimum absolute atomic E-state index is 0.0976. The standard InChI is InChI=1S/C14H13ClF6N4O2/c15-9-10(7-1-2-7)24(23-11(9)13(16,17)18)6-3-8(26)25-12(27,4-5-22-25)14(19,20)21/h5,7,27H,1-4,6H2/t12-/m0/s1. The number of halogens is 7. The molecule has 2 heterocycles. The third kappa shape index (κ3) is 3.51. The maximum atomic E-state index is 13.0. The summed E-state index contributed by atoms with van der Waals surface area (Å²) in [6.07, 6.45) is -9.58.